The number of aryl methyl sites for hydroxylation is 1. The Balaban J connectivity index is 1.85. The van der Waals surface area contributed by atoms with Crippen molar-refractivity contribution in [2.24, 2.45) is 5.92 Å². The van der Waals surface area contributed by atoms with Crippen molar-refractivity contribution in [1.29, 1.82) is 0 Å². The van der Waals surface area contributed by atoms with E-state index in [0.717, 1.165) is 17.6 Å². The molecule has 110 valence electrons. The summed E-state index contributed by atoms with van der Waals surface area (Å²) in [4.78, 5) is 29.9. The van der Waals surface area contributed by atoms with Crippen LogP contribution in [0.1, 0.15) is 13.3 Å². The number of para-hydroxylation sites is 2. The van der Waals surface area contributed by atoms with E-state index in [1.807, 2.05) is 35.8 Å². The molecule has 6 nitrogen and oxygen atoms in total. The fourth-order valence-corrected chi connectivity index (χ4v) is 2.74. The summed E-state index contributed by atoms with van der Waals surface area (Å²) >= 11 is 0. The second kappa shape index (κ2) is 5.20. The van der Waals surface area contributed by atoms with Gasteiger partial charge in [-0.3, -0.25) is 14.9 Å². The Morgan fingerprint density at radius 1 is 1.43 bits per heavy atom. The molecule has 1 saturated heterocycles. The lowest BCUT2D eigenvalue weighted by atomic mass is 10.1. The van der Waals surface area contributed by atoms with Gasteiger partial charge in [0.1, 0.15) is 0 Å². The highest BCUT2D eigenvalue weighted by atomic mass is 16.2. The summed E-state index contributed by atoms with van der Waals surface area (Å²) in [6.45, 7) is 3.20. The number of amides is 2. The van der Waals surface area contributed by atoms with E-state index in [-0.39, 0.29) is 24.2 Å². The Morgan fingerprint density at radius 2 is 2.19 bits per heavy atom. The molecular weight excluding hydrogens is 268 g/mol. The molecule has 0 unspecified atom stereocenters. The molecular formula is C15H18N4O2. The maximum Gasteiger partial charge on any atom is 0.232 e. The molecule has 0 radical (unpaired) electrons. The summed E-state index contributed by atoms with van der Waals surface area (Å²) < 4.78 is 1.97. The summed E-state index contributed by atoms with van der Waals surface area (Å²) in [6, 6.07) is 7.77. The van der Waals surface area contributed by atoms with Crippen LogP contribution in [0.25, 0.3) is 11.0 Å². The predicted molar refractivity (Wildman–Crippen MR) is 79.8 cm³/mol. The second-order valence-electron chi connectivity index (χ2n) is 5.33. The lowest BCUT2D eigenvalue weighted by Gasteiger charge is -2.11. The van der Waals surface area contributed by atoms with E-state index < -0.39 is 0 Å². The van der Waals surface area contributed by atoms with E-state index >= 15 is 0 Å². The largest absolute Gasteiger partial charge is 0.345 e. The van der Waals surface area contributed by atoms with Crippen LogP contribution in [0, 0.1) is 5.92 Å². The van der Waals surface area contributed by atoms with Crippen molar-refractivity contribution < 1.29 is 9.59 Å². The molecule has 2 aromatic rings. The molecule has 1 N–H and O–H groups in total. The smallest absolute Gasteiger partial charge is 0.232 e. The Bertz CT molecular complexity index is 707. The molecule has 1 aromatic heterocycles. The number of nitrogens with zero attached hydrogens (tertiary/aromatic N) is 3. The summed E-state index contributed by atoms with van der Waals surface area (Å²) in [6.07, 6.45) is 0.273. The molecule has 1 atom stereocenters. The van der Waals surface area contributed by atoms with Gasteiger partial charge in [0.2, 0.25) is 17.8 Å². The van der Waals surface area contributed by atoms with E-state index in [2.05, 4.69) is 10.3 Å². The fourth-order valence-electron chi connectivity index (χ4n) is 2.74. The Hall–Kier alpha value is -2.37. The average molecular weight is 286 g/mol. The van der Waals surface area contributed by atoms with E-state index in [0.29, 0.717) is 12.5 Å². The number of aromatic nitrogens is 2. The first-order valence-corrected chi connectivity index (χ1v) is 7.10. The molecule has 1 aliphatic rings. The van der Waals surface area contributed by atoms with Crippen molar-refractivity contribution >= 4 is 28.8 Å². The van der Waals surface area contributed by atoms with Crippen LogP contribution in [0.2, 0.25) is 0 Å². The van der Waals surface area contributed by atoms with Gasteiger partial charge in [0.15, 0.2) is 0 Å². The Morgan fingerprint density at radius 3 is 2.86 bits per heavy atom. The first-order valence-electron chi connectivity index (χ1n) is 7.10. The van der Waals surface area contributed by atoms with Crippen molar-refractivity contribution in [3.05, 3.63) is 24.3 Å². The molecule has 3 rings (SSSR count). The van der Waals surface area contributed by atoms with Crippen LogP contribution in [0.15, 0.2) is 24.3 Å². The number of rotatable bonds is 3. The molecule has 0 bridgehead atoms. The zero-order valence-electron chi connectivity index (χ0n) is 12.2. The van der Waals surface area contributed by atoms with Crippen molar-refractivity contribution in [3.63, 3.8) is 0 Å². The summed E-state index contributed by atoms with van der Waals surface area (Å²) in [5.74, 6) is 0.121. The summed E-state index contributed by atoms with van der Waals surface area (Å²) in [5.41, 5.74) is 1.85. The number of fused-ring (bicyclic) bond motifs is 1. The highest BCUT2D eigenvalue weighted by molar-refractivity contribution is 5.97. The number of likely N-dealkylation sites (tertiary alicyclic amines) is 1. The normalized spacial score (nSPS) is 18.5. The number of nitrogens with one attached hydrogen (secondary N) is 1. The van der Waals surface area contributed by atoms with Gasteiger partial charge in [0, 0.05) is 26.6 Å². The van der Waals surface area contributed by atoms with Crippen LogP contribution in [-0.4, -0.2) is 39.9 Å². The lowest BCUT2D eigenvalue weighted by Crippen LogP contribution is -2.27. The molecule has 1 aromatic carbocycles. The third kappa shape index (κ3) is 2.37. The minimum absolute atomic E-state index is 0.0131. The maximum absolute atomic E-state index is 12.3. The molecule has 0 aliphatic carbocycles. The van der Waals surface area contributed by atoms with Gasteiger partial charge < -0.3 is 9.47 Å². The molecule has 0 spiro atoms. The molecule has 2 amide bonds. The van der Waals surface area contributed by atoms with Gasteiger partial charge in [0.25, 0.3) is 0 Å². The summed E-state index contributed by atoms with van der Waals surface area (Å²) in [7, 11) is 1.72. The Kier molecular flexibility index (Phi) is 3.37. The Labute approximate surface area is 122 Å². The van der Waals surface area contributed by atoms with Crippen LogP contribution in [0.3, 0.4) is 0 Å². The van der Waals surface area contributed by atoms with Gasteiger partial charge >= 0.3 is 0 Å². The lowest BCUT2D eigenvalue weighted by molar-refractivity contribution is -0.127. The third-order valence-electron chi connectivity index (χ3n) is 3.92. The van der Waals surface area contributed by atoms with E-state index in [1.165, 1.54) is 0 Å². The number of imidazole rings is 1. The minimum Gasteiger partial charge on any atom is -0.345 e. The first kappa shape index (κ1) is 13.6. The van der Waals surface area contributed by atoms with Crippen LogP contribution in [0.5, 0.6) is 0 Å². The molecule has 6 heteroatoms. The van der Waals surface area contributed by atoms with Gasteiger partial charge in [-0.2, -0.15) is 0 Å². The van der Waals surface area contributed by atoms with E-state index in [1.54, 1.807) is 11.9 Å². The van der Waals surface area contributed by atoms with Crippen LogP contribution in [0.4, 0.5) is 5.95 Å². The monoisotopic (exact) mass is 286 g/mol. The number of benzene rings is 1. The van der Waals surface area contributed by atoms with Crippen molar-refractivity contribution in [1.82, 2.24) is 14.5 Å². The number of carbonyl (C=O) groups excluding carboxylic acids is 2. The molecule has 1 fully saturated rings. The van der Waals surface area contributed by atoms with Crippen molar-refractivity contribution in [2.45, 2.75) is 19.9 Å². The SMILES string of the molecule is CCn1c(NC(=O)[C@H]2CC(=O)N(C)C2)nc2ccccc21. The minimum atomic E-state index is -0.299. The number of hydrogen-bond acceptors (Lipinski definition) is 3. The zero-order chi connectivity index (χ0) is 15.0. The van der Waals surface area contributed by atoms with Gasteiger partial charge in [-0.15, -0.1) is 0 Å². The van der Waals surface area contributed by atoms with Gasteiger partial charge in [0.05, 0.1) is 17.0 Å². The predicted octanol–water partition coefficient (Wildman–Crippen LogP) is 1.47. The van der Waals surface area contributed by atoms with E-state index in [9.17, 15) is 9.59 Å². The second-order valence-corrected chi connectivity index (χ2v) is 5.33. The topological polar surface area (TPSA) is 67.2 Å². The van der Waals surface area contributed by atoms with Gasteiger partial charge in [-0.05, 0) is 19.1 Å². The third-order valence-corrected chi connectivity index (χ3v) is 3.92. The maximum atomic E-state index is 12.3. The van der Waals surface area contributed by atoms with Crippen LogP contribution in [-0.2, 0) is 16.1 Å². The van der Waals surface area contributed by atoms with Gasteiger partial charge in [-0.25, -0.2) is 4.98 Å². The van der Waals surface area contributed by atoms with Gasteiger partial charge in [-0.1, -0.05) is 12.1 Å². The van der Waals surface area contributed by atoms with Crippen LogP contribution < -0.4 is 5.32 Å². The fraction of sp³-hybridized carbons (Fsp3) is 0.400. The highest BCUT2D eigenvalue weighted by Gasteiger charge is 2.32. The zero-order valence-corrected chi connectivity index (χ0v) is 12.2. The first-order chi connectivity index (χ1) is 10.1. The van der Waals surface area contributed by atoms with Crippen molar-refractivity contribution in [2.75, 3.05) is 18.9 Å². The van der Waals surface area contributed by atoms with Crippen molar-refractivity contribution in [3.8, 4) is 0 Å². The summed E-state index contributed by atoms with van der Waals surface area (Å²) in [5, 5.41) is 2.87. The number of hydrogen-bond donors (Lipinski definition) is 1. The molecule has 1 aliphatic heterocycles. The van der Waals surface area contributed by atoms with Crippen LogP contribution >= 0.6 is 0 Å². The number of carbonyl (C=O) groups is 2. The average Bonchev–Trinajstić information content (AvgIpc) is 2.99. The van der Waals surface area contributed by atoms with E-state index in [4.69, 9.17) is 0 Å². The quantitative estimate of drug-likeness (QED) is 0.929. The molecule has 2 heterocycles. The highest BCUT2D eigenvalue weighted by Crippen LogP contribution is 2.22. The number of anilines is 1. The standard InChI is InChI=1S/C15H18N4O2/c1-3-19-12-7-5-4-6-11(12)16-15(19)17-14(21)10-8-13(20)18(2)9-10/h4-7,10H,3,8-9H2,1-2H3,(H,16,17,21)/t10-/m0/s1. The molecule has 21 heavy (non-hydrogen) atoms. The molecule has 0 saturated carbocycles.